The van der Waals surface area contributed by atoms with Crippen molar-refractivity contribution in [2.75, 3.05) is 11.4 Å². The number of amides is 1. The molecule has 19 heavy (non-hydrogen) atoms. The molecule has 98 valence electrons. The summed E-state index contributed by atoms with van der Waals surface area (Å²) < 4.78 is 0. The lowest BCUT2D eigenvalue weighted by atomic mass is 10.1. The lowest BCUT2D eigenvalue weighted by Gasteiger charge is -2.21. The quantitative estimate of drug-likeness (QED) is 0.838. The lowest BCUT2D eigenvalue weighted by Crippen LogP contribution is -2.30. The van der Waals surface area contributed by atoms with Gasteiger partial charge in [-0.25, -0.2) is 0 Å². The van der Waals surface area contributed by atoms with Crippen molar-refractivity contribution in [1.29, 1.82) is 0 Å². The first kappa shape index (κ1) is 13.7. The first-order chi connectivity index (χ1) is 9.11. The molecule has 0 N–H and O–H groups in total. The molecule has 0 fully saturated rings. The Bertz CT molecular complexity index is 578. The number of hydrogen-bond donors (Lipinski definition) is 1. The first-order valence-electron chi connectivity index (χ1n) is 6.29. The highest BCUT2D eigenvalue weighted by molar-refractivity contribution is 7.80. The highest BCUT2D eigenvalue weighted by Crippen LogP contribution is 2.19. The number of carbonyl (C=O) groups excluding carboxylic acids is 1. The average Bonchev–Trinajstić information content (AvgIpc) is 2.41. The number of anilines is 1. The molecule has 0 saturated heterocycles. The minimum atomic E-state index is 0.00209. The Kier molecular flexibility index (Phi) is 4.27. The molecule has 0 bridgehead atoms. The maximum atomic E-state index is 12.5. The van der Waals surface area contributed by atoms with Gasteiger partial charge < -0.3 is 4.90 Å². The van der Waals surface area contributed by atoms with Crippen molar-refractivity contribution >= 4 is 24.2 Å². The summed E-state index contributed by atoms with van der Waals surface area (Å²) in [7, 11) is 0. The fourth-order valence-corrected chi connectivity index (χ4v) is 2.19. The monoisotopic (exact) mass is 271 g/mol. The summed E-state index contributed by atoms with van der Waals surface area (Å²) in [5.41, 5.74) is 2.77. The van der Waals surface area contributed by atoms with E-state index in [-0.39, 0.29) is 5.91 Å². The largest absolute Gasteiger partial charge is 0.309 e. The van der Waals surface area contributed by atoms with E-state index < -0.39 is 0 Å². The van der Waals surface area contributed by atoms with Gasteiger partial charge in [0.15, 0.2) is 0 Å². The molecule has 2 aromatic carbocycles. The van der Waals surface area contributed by atoms with Gasteiger partial charge in [0.2, 0.25) is 0 Å². The Hall–Kier alpha value is -1.74. The zero-order chi connectivity index (χ0) is 13.8. The first-order valence-corrected chi connectivity index (χ1v) is 6.74. The van der Waals surface area contributed by atoms with Crippen LogP contribution in [0.15, 0.2) is 53.4 Å². The van der Waals surface area contributed by atoms with Crippen LogP contribution in [0.3, 0.4) is 0 Å². The molecular weight excluding hydrogens is 254 g/mol. The Morgan fingerprint density at radius 3 is 2.42 bits per heavy atom. The van der Waals surface area contributed by atoms with Gasteiger partial charge in [-0.3, -0.25) is 4.79 Å². The van der Waals surface area contributed by atoms with E-state index in [9.17, 15) is 4.79 Å². The van der Waals surface area contributed by atoms with Gasteiger partial charge in [0.05, 0.1) is 0 Å². The average molecular weight is 271 g/mol. The van der Waals surface area contributed by atoms with Crippen molar-refractivity contribution in [3.05, 3.63) is 59.7 Å². The van der Waals surface area contributed by atoms with Crippen molar-refractivity contribution in [3.63, 3.8) is 0 Å². The molecular formula is C16H17NOS. The molecule has 0 atom stereocenters. The van der Waals surface area contributed by atoms with E-state index >= 15 is 0 Å². The third-order valence-corrected chi connectivity index (χ3v) is 3.28. The Labute approximate surface area is 119 Å². The van der Waals surface area contributed by atoms with E-state index in [0.717, 1.165) is 10.6 Å². The predicted octanol–water partition coefficient (Wildman–Crippen LogP) is 3.95. The standard InChI is InChI=1S/C16H17NOS/c1-3-17(14-9-7-12(2)8-10-14)16(18)13-5-4-6-15(19)11-13/h4-11,19H,3H2,1-2H3. The third kappa shape index (κ3) is 3.18. The molecule has 0 unspecified atom stereocenters. The number of benzene rings is 2. The van der Waals surface area contributed by atoms with Gasteiger partial charge in [0, 0.05) is 22.7 Å². The number of hydrogen-bond acceptors (Lipinski definition) is 2. The predicted molar refractivity (Wildman–Crippen MR) is 82.2 cm³/mol. The molecule has 2 aromatic rings. The minimum Gasteiger partial charge on any atom is -0.309 e. The number of carbonyl (C=O) groups is 1. The second-order valence-corrected chi connectivity index (χ2v) is 4.95. The maximum absolute atomic E-state index is 12.5. The summed E-state index contributed by atoms with van der Waals surface area (Å²) in [6, 6.07) is 15.3. The zero-order valence-electron chi connectivity index (χ0n) is 11.1. The van der Waals surface area contributed by atoms with Crippen molar-refractivity contribution in [3.8, 4) is 0 Å². The van der Waals surface area contributed by atoms with E-state index in [4.69, 9.17) is 0 Å². The van der Waals surface area contributed by atoms with Gasteiger partial charge in [-0.05, 0) is 44.2 Å². The van der Waals surface area contributed by atoms with Gasteiger partial charge >= 0.3 is 0 Å². The Morgan fingerprint density at radius 2 is 1.84 bits per heavy atom. The van der Waals surface area contributed by atoms with Crippen molar-refractivity contribution in [2.45, 2.75) is 18.7 Å². The second-order valence-electron chi connectivity index (χ2n) is 4.44. The van der Waals surface area contributed by atoms with Crippen LogP contribution in [0.4, 0.5) is 5.69 Å². The topological polar surface area (TPSA) is 20.3 Å². The number of rotatable bonds is 3. The van der Waals surface area contributed by atoms with E-state index in [1.807, 2.05) is 56.3 Å². The molecule has 0 aliphatic heterocycles. The molecule has 1 amide bonds. The minimum absolute atomic E-state index is 0.00209. The van der Waals surface area contributed by atoms with Gasteiger partial charge in [0.1, 0.15) is 0 Å². The van der Waals surface area contributed by atoms with Crippen molar-refractivity contribution in [2.24, 2.45) is 0 Å². The van der Waals surface area contributed by atoms with Crippen LogP contribution < -0.4 is 4.90 Å². The molecule has 3 heteroatoms. The van der Waals surface area contributed by atoms with Crippen LogP contribution in [0.2, 0.25) is 0 Å². The van der Waals surface area contributed by atoms with Crippen LogP contribution in [0.25, 0.3) is 0 Å². The van der Waals surface area contributed by atoms with Crippen molar-refractivity contribution < 1.29 is 4.79 Å². The Balaban J connectivity index is 2.31. The van der Waals surface area contributed by atoms with Crippen LogP contribution in [0.1, 0.15) is 22.8 Å². The van der Waals surface area contributed by atoms with Crippen LogP contribution in [0, 0.1) is 6.92 Å². The summed E-state index contributed by atoms with van der Waals surface area (Å²) in [6.07, 6.45) is 0. The molecule has 0 spiro atoms. The van der Waals surface area contributed by atoms with Crippen LogP contribution in [-0.4, -0.2) is 12.5 Å². The number of aryl methyl sites for hydroxylation is 1. The molecule has 0 heterocycles. The molecule has 0 aliphatic rings. The zero-order valence-corrected chi connectivity index (χ0v) is 12.0. The molecule has 0 aliphatic carbocycles. The normalized spacial score (nSPS) is 10.3. The Morgan fingerprint density at radius 1 is 1.16 bits per heavy atom. The summed E-state index contributed by atoms with van der Waals surface area (Å²) in [6.45, 7) is 4.65. The fraction of sp³-hybridized carbons (Fsp3) is 0.188. The summed E-state index contributed by atoms with van der Waals surface area (Å²) in [5.74, 6) is 0.00209. The molecule has 0 saturated carbocycles. The highest BCUT2D eigenvalue weighted by Gasteiger charge is 2.15. The molecule has 2 rings (SSSR count). The van der Waals surface area contributed by atoms with E-state index in [0.29, 0.717) is 12.1 Å². The number of thiol groups is 1. The second kappa shape index (κ2) is 5.93. The van der Waals surface area contributed by atoms with Gasteiger partial charge in [-0.2, -0.15) is 0 Å². The fourth-order valence-electron chi connectivity index (χ4n) is 1.96. The molecule has 0 aromatic heterocycles. The van der Waals surface area contributed by atoms with Gasteiger partial charge in [-0.1, -0.05) is 23.8 Å². The molecule has 0 radical (unpaired) electrons. The maximum Gasteiger partial charge on any atom is 0.258 e. The van der Waals surface area contributed by atoms with E-state index in [1.54, 1.807) is 11.0 Å². The molecule has 2 nitrogen and oxygen atoms in total. The van der Waals surface area contributed by atoms with Gasteiger partial charge in [-0.15, -0.1) is 12.6 Å². The van der Waals surface area contributed by atoms with Crippen LogP contribution in [0.5, 0.6) is 0 Å². The summed E-state index contributed by atoms with van der Waals surface area (Å²) in [5, 5.41) is 0. The van der Waals surface area contributed by atoms with Crippen LogP contribution >= 0.6 is 12.6 Å². The number of nitrogens with zero attached hydrogens (tertiary/aromatic N) is 1. The van der Waals surface area contributed by atoms with Crippen molar-refractivity contribution in [1.82, 2.24) is 0 Å². The third-order valence-electron chi connectivity index (χ3n) is 3.00. The summed E-state index contributed by atoms with van der Waals surface area (Å²) >= 11 is 4.28. The smallest absolute Gasteiger partial charge is 0.258 e. The lowest BCUT2D eigenvalue weighted by molar-refractivity contribution is 0.0988. The summed E-state index contributed by atoms with van der Waals surface area (Å²) in [4.78, 5) is 15.1. The SMILES string of the molecule is CCN(C(=O)c1cccc(S)c1)c1ccc(C)cc1. The van der Waals surface area contributed by atoms with E-state index in [2.05, 4.69) is 12.6 Å². The van der Waals surface area contributed by atoms with Gasteiger partial charge in [0.25, 0.3) is 5.91 Å². The highest BCUT2D eigenvalue weighted by atomic mass is 32.1. The van der Waals surface area contributed by atoms with E-state index in [1.165, 1.54) is 5.56 Å². The van der Waals surface area contributed by atoms with Crippen LogP contribution in [-0.2, 0) is 0 Å².